The van der Waals surface area contributed by atoms with Crippen LogP contribution in [-0.2, 0) is 0 Å². The van der Waals surface area contributed by atoms with Gasteiger partial charge in [0.1, 0.15) is 5.52 Å². The van der Waals surface area contributed by atoms with E-state index in [1.54, 1.807) is 24.4 Å². The minimum atomic E-state index is 0.440. The summed E-state index contributed by atoms with van der Waals surface area (Å²) in [6, 6.07) is 8.94. The molecule has 0 aliphatic carbocycles. The summed E-state index contributed by atoms with van der Waals surface area (Å²) in [5.41, 5.74) is 1.96. The molecule has 0 radical (unpaired) electrons. The summed E-state index contributed by atoms with van der Waals surface area (Å²) in [5.74, 6) is 1.01. The number of pyridine rings is 2. The van der Waals surface area contributed by atoms with Crippen LogP contribution in [0.15, 0.2) is 42.7 Å². The predicted molar refractivity (Wildman–Crippen MR) is 81.2 cm³/mol. The van der Waals surface area contributed by atoms with Crippen molar-refractivity contribution >= 4 is 28.8 Å². The van der Waals surface area contributed by atoms with E-state index in [-0.39, 0.29) is 0 Å². The predicted octanol–water partition coefficient (Wildman–Crippen LogP) is 4.20. The molecule has 104 valence electrons. The van der Waals surface area contributed by atoms with E-state index in [1.807, 2.05) is 19.1 Å². The van der Waals surface area contributed by atoms with E-state index in [2.05, 4.69) is 9.97 Å². The lowest BCUT2D eigenvalue weighted by Gasteiger charge is -2.10. The van der Waals surface area contributed by atoms with Gasteiger partial charge < -0.3 is 4.74 Å². The summed E-state index contributed by atoms with van der Waals surface area (Å²) in [6.07, 6.45) is 3.91. The van der Waals surface area contributed by atoms with Crippen LogP contribution in [0, 0.1) is 6.92 Å². The van der Waals surface area contributed by atoms with Crippen molar-refractivity contribution in [2.45, 2.75) is 6.92 Å². The van der Waals surface area contributed by atoms with E-state index < -0.39 is 0 Å². The number of carbonyl (C=O) groups excluding carboxylic acids is 1. The van der Waals surface area contributed by atoms with Crippen molar-refractivity contribution in [2.24, 2.45) is 0 Å². The fourth-order valence-electron chi connectivity index (χ4n) is 2.05. The third kappa shape index (κ3) is 2.58. The largest absolute Gasteiger partial charge is 0.436 e. The Morgan fingerprint density at radius 2 is 2.10 bits per heavy atom. The number of rotatable bonds is 3. The standard InChI is InChI=1S/C16H11ClN2O2/c1-10-7-11(9-20)8-19-16(10)21-14-5-4-13(17)12-3-2-6-18-15(12)14/h2-9H,1H3. The van der Waals surface area contributed by atoms with Gasteiger partial charge in [0.15, 0.2) is 12.0 Å². The molecule has 0 saturated carbocycles. The number of hydrogen-bond acceptors (Lipinski definition) is 4. The molecule has 3 rings (SSSR count). The molecule has 1 aromatic carbocycles. The first-order valence-corrected chi connectivity index (χ1v) is 6.70. The molecular weight excluding hydrogens is 288 g/mol. The SMILES string of the molecule is Cc1cc(C=O)cnc1Oc1ccc(Cl)c2cccnc12. The van der Waals surface area contributed by atoms with Gasteiger partial charge in [-0.15, -0.1) is 0 Å². The molecule has 0 aliphatic heterocycles. The third-order valence-corrected chi connectivity index (χ3v) is 3.40. The number of aldehydes is 1. The quantitative estimate of drug-likeness (QED) is 0.680. The topological polar surface area (TPSA) is 52.1 Å². The average Bonchev–Trinajstić information content (AvgIpc) is 2.52. The fourth-order valence-corrected chi connectivity index (χ4v) is 2.27. The molecule has 21 heavy (non-hydrogen) atoms. The summed E-state index contributed by atoms with van der Waals surface area (Å²) in [4.78, 5) is 19.2. The van der Waals surface area contributed by atoms with Crippen LogP contribution in [0.5, 0.6) is 11.6 Å². The third-order valence-electron chi connectivity index (χ3n) is 3.07. The van der Waals surface area contributed by atoms with E-state index in [9.17, 15) is 4.79 Å². The molecule has 0 saturated heterocycles. The Morgan fingerprint density at radius 1 is 1.24 bits per heavy atom. The van der Waals surface area contributed by atoms with Crippen LogP contribution in [0.2, 0.25) is 5.02 Å². The van der Waals surface area contributed by atoms with Gasteiger partial charge in [0.25, 0.3) is 0 Å². The van der Waals surface area contributed by atoms with Crippen molar-refractivity contribution in [2.75, 3.05) is 0 Å². The fraction of sp³-hybridized carbons (Fsp3) is 0.0625. The highest BCUT2D eigenvalue weighted by atomic mass is 35.5. The normalized spacial score (nSPS) is 10.6. The molecule has 4 nitrogen and oxygen atoms in total. The highest BCUT2D eigenvalue weighted by molar-refractivity contribution is 6.35. The van der Waals surface area contributed by atoms with Gasteiger partial charge in [0.05, 0.1) is 5.02 Å². The highest BCUT2D eigenvalue weighted by Crippen LogP contribution is 2.32. The van der Waals surface area contributed by atoms with Crippen molar-refractivity contribution in [3.05, 3.63) is 58.9 Å². The van der Waals surface area contributed by atoms with Crippen molar-refractivity contribution in [3.8, 4) is 11.6 Å². The second-order valence-corrected chi connectivity index (χ2v) is 4.96. The minimum Gasteiger partial charge on any atom is -0.436 e. The van der Waals surface area contributed by atoms with Crippen molar-refractivity contribution in [3.63, 3.8) is 0 Å². The van der Waals surface area contributed by atoms with Crippen LogP contribution < -0.4 is 4.74 Å². The average molecular weight is 299 g/mol. The van der Waals surface area contributed by atoms with Gasteiger partial charge in [-0.1, -0.05) is 11.6 Å². The lowest BCUT2D eigenvalue weighted by atomic mass is 10.2. The van der Waals surface area contributed by atoms with Gasteiger partial charge in [-0.2, -0.15) is 0 Å². The van der Waals surface area contributed by atoms with Crippen molar-refractivity contribution < 1.29 is 9.53 Å². The number of nitrogens with zero attached hydrogens (tertiary/aromatic N) is 2. The summed E-state index contributed by atoms with van der Waals surface area (Å²) in [6.45, 7) is 1.83. The maximum atomic E-state index is 10.7. The first kappa shape index (κ1) is 13.5. The molecule has 0 amide bonds. The molecular formula is C16H11ClN2O2. The zero-order valence-electron chi connectivity index (χ0n) is 11.2. The summed E-state index contributed by atoms with van der Waals surface area (Å²) < 4.78 is 5.83. The lowest BCUT2D eigenvalue weighted by Crippen LogP contribution is -1.95. The van der Waals surface area contributed by atoms with E-state index in [1.165, 1.54) is 6.20 Å². The van der Waals surface area contributed by atoms with Crippen LogP contribution in [0.1, 0.15) is 15.9 Å². The Kier molecular flexibility index (Phi) is 3.54. The maximum Gasteiger partial charge on any atom is 0.222 e. The van der Waals surface area contributed by atoms with Gasteiger partial charge in [-0.3, -0.25) is 9.78 Å². The number of carbonyl (C=O) groups is 1. The highest BCUT2D eigenvalue weighted by Gasteiger charge is 2.10. The number of aryl methyl sites for hydroxylation is 1. The molecule has 2 aromatic heterocycles. The minimum absolute atomic E-state index is 0.440. The second kappa shape index (κ2) is 5.50. The van der Waals surface area contributed by atoms with Crippen LogP contribution >= 0.6 is 11.6 Å². The van der Waals surface area contributed by atoms with Gasteiger partial charge in [0.2, 0.25) is 5.88 Å². The second-order valence-electron chi connectivity index (χ2n) is 4.56. The van der Waals surface area contributed by atoms with Gasteiger partial charge in [-0.25, -0.2) is 4.98 Å². The number of aromatic nitrogens is 2. The number of halogens is 1. The van der Waals surface area contributed by atoms with E-state index >= 15 is 0 Å². The van der Waals surface area contributed by atoms with E-state index in [0.29, 0.717) is 27.7 Å². The first-order chi connectivity index (χ1) is 10.2. The molecule has 2 heterocycles. The first-order valence-electron chi connectivity index (χ1n) is 6.32. The number of hydrogen-bond donors (Lipinski definition) is 0. The van der Waals surface area contributed by atoms with Crippen LogP contribution in [0.4, 0.5) is 0 Å². The summed E-state index contributed by atoms with van der Waals surface area (Å²) in [7, 11) is 0. The molecule has 0 unspecified atom stereocenters. The molecule has 0 atom stereocenters. The Bertz CT molecular complexity index is 834. The van der Waals surface area contributed by atoms with Crippen molar-refractivity contribution in [1.29, 1.82) is 0 Å². The van der Waals surface area contributed by atoms with E-state index in [4.69, 9.17) is 16.3 Å². The maximum absolute atomic E-state index is 10.7. The monoisotopic (exact) mass is 298 g/mol. The molecule has 0 N–H and O–H groups in total. The molecule has 3 aromatic rings. The van der Waals surface area contributed by atoms with Crippen LogP contribution in [-0.4, -0.2) is 16.3 Å². The number of fused-ring (bicyclic) bond motifs is 1. The Hall–Kier alpha value is -2.46. The van der Waals surface area contributed by atoms with E-state index in [0.717, 1.165) is 17.2 Å². The lowest BCUT2D eigenvalue weighted by molar-refractivity contribution is 0.112. The summed E-state index contributed by atoms with van der Waals surface area (Å²) in [5, 5.41) is 1.44. The number of benzene rings is 1. The Morgan fingerprint density at radius 3 is 2.86 bits per heavy atom. The van der Waals surface area contributed by atoms with Crippen LogP contribution in [0.3, 0.4) is 0 Å². The summed E-state index contributed by atoms with van der Waals surface area (Å²) >= 11 is 6.15. The molecule has 0 fully saturated rings. The Labute approximate surface area is 126 Å². The zero-order valence-corrected chi connectivity index (χ0v) is 12.0. The Balaban J connectivity index is 2.06. The van der Waals surface area contributed by atoms with Crippen molar-refractivity contribution in [1.82, 2.24) is 9.97 Å². The molecule has 0 bridgehead atoms. The molecule has 0 spiro atoms. The van der Waals surface area contributed by atoms with Gasteiger partial charge in [-0.05, 0) is 37.3 Å². The van der Waals surface area contributed by atoms with Gasteiger partial charge >= 0.3 is 0 Å². The molecule has 5 heteroatoms. The number of ether oxygens (including phenoxy) is 1. The van der Waals surface area contributed by atoms with Crippen LogP contribution in [0.25, 0.3) is 10.9 Å². The smallest absolute Gasteiger partial charge is 0.222 e. The zero-order chi connectivity index (χ0) is 14.8. The molecule has 0 aliphatic rings. The van der Waals surface area contributed by atoms with Gasteiger partial charge in [0, 0.05) is 28.9 Å².